The Morgan fingerprint density at radius 3 is 2.36 bits per heavy atom. The number of amides is 2. The molecule has 1 atom stereocenters. The van der Waals surface area contributed by atoms with Crippen LogP contribution in [0.2, 0.25) is 0 Å². The summed E-state index contributed by atoms with van der Waals surface area (Å²) >= 11 is 0. The van der Waals surface area contributed by atoms with Crippen LogP contribution in [0.5, 0.6) is 0 Å². The van der Waals surface area contributed by atoms with Gasteiger partial charge in [0.15, 0.2) is 0 Å². The maximum Gasteiger partial charge on any atom is 0.268 e. The van der Waals surface area contributed by atoms with E-state index < -0.39 is 0 Å². The zero-order chi connectivity index (χ0) is 17.6. The van der Waals surface area contributed by atoms with Crippen molar-refractivity contribution in [3.05, 3.63) is 66.2 Å². The van der Waals surface area contributed by atoms with Gasteiger partial charge in [0.2, 0.25) is 5.91 Å². The quantitative estimate of drug-likeness (QED) is 0.875. The molecule has 1 aliphatic rings. The van der Waals surface area contributed by atoms with Gasteiger partial charge in [-0.1, -0.05) is 48.5 Å². The molecular formula is C19H20N4O2. The number of nitrogens with one attached hydrogen (secondary N) is 2. The third-order valence-corrected chi connectivity index (χ3v) is 4.07. The van der Waals surface area contributed by atoms with Gasteiger partial charge in [0.05, 0.1) is 18.3 Å². The molecule has 0 unspecified atom stereocenters. The Morgan fingerprint density at radius 2 is 1.72 bits per heavy atom. The molecule has 0 bridgehead atoms. The number of benzene rings is 2. The fraction of sp³-hybridized carbons (Fsp3) is 0.211. The number of rotatable bonds is 5. The minimum atomic E-state index is -0.317. The van der Waals surface area contributed by atoms with Crippen LogP contribution in [0.4, 0.5) is 5.69 Å². The molecule has 2 N–H and O–H groups in total. The van der Waals surface area contributed by atoms with Crippen LogP contribution >= 0.6 is 0 Å². The molecule has 2 aromatic carbocycles. The van der Waals surface area contributed by atoms with Crippen LogP contribution in [-0.4, -0.2) is 31.1 Å². The fourth-order valence-corrected chi connectivity index (χ4v) is 2.75. The molecule has 0 radical (unpaired) electrons. The molecule has 2 amide bonds. The van der Waals surface area contributed by atoms with Crippen molar-refractivity contribution in [2.24, 2.45) is 5.10 Å². The second-order valence-electron chi connectivity index (χ2n) is 5.71. The molecule has 128 valence electrons. The number of carbonyl (C=O) groups excluding carboxylic acids is 2. The number of hydrogen-bond acceptors (Lipinski definition) is 4. The molecular weight excluding hydrogens is 316 g/mol. The monoisotopic (exact) mass is 336 g/mol. The first-order valence-corrected chi connectivity index (χ1v) is 8.14. The van der Waals surface area contributed by atoms with E-state index in [4.69, 9.17) is 0 Å². The number of nitrogens with zero attached hydrogens (tertiary/aromatic N) is 2. The van der Waals surface area contributed by atoms with E-state index in [9.17, 15) is 9.59 Å². The van der Waals surface area contributed by atoms with Crippen LogP contribution in [0.15, 0.2) is 65.8 Å². The molecule has 6 heteroatoms. The van der Waals surface area contributed by atoms with Gasteiger partial charge in [-0.2, -0.15) is 5.10 Å². The van der Waals surface area contributed by atoms with Gasteiger partial charge < -0.3 is 10.6 Å². The SMILES string of the molecule is CNC(=O)CNC(=O)C1=NN(c2ccccc2)[C@@H](c2ccccc2)C1. The van der Waals surface area contributed by atoms with E-state index >= 15 is 0 Å². The Kier molecular flexibility index (Phi) is 5.09. The van der Waals surface area contributed by atoms with Crippen molar-refractivity contribution in [1.29, 1.82) is 0 Å². The summed E-state index contributed by atoms with van der Waals surface area (Å²) in [6.07, 6.45) is 0.485. The van der Waals surface area contributed by atoms with Gasteiger partial charge in [-0.3, -0.25) is 14.6 Å². The van der Waals surface area contributed by atoms with Gasteiger partial charge in [0.25, 0.3) is 5.91 Å². The molecule has 0 aromatic heterocycles. The lowest BCUT2D eigenvalue weighted by Crippen LogP contribution is -2.38. The van der Waals surface area contributed by atoms with Crippen molar-refractivity contribution in [3.63, 3.8) is 0 Å². The topological polar surface area (TPSA) is 73.8 Å². The van der Waals surface area contributed by atoms with Crippen molar-refractivity contribution in [1.82, 2.24) is 10.6 Å². The van der Waals surface area contributed by atoms with E-state index in [0.29, 0.717) is 12.1 Å². The maximum absolute atomic E-state index is 12.4. The highest BCUT2D eigenvalue weighted by Crippen LogP contribution is 2.34. The lowest BCUT2D eigenvalue weighted by Gasteiger charge is -2.23. The Bertz CT molecular complexity index is 775. The summed E-state index contributed by atoms with van der Waals surface area (Å²) in [4.78, 5) is 23.7. The minimum absolute atomic E-state index is 0.0515. The lowest BCUT2D eigenvalue weighted by molar-refractivity contribution is -0.123. The van der Waals surface area contributed by atoms with E-state index in [0.717, 1.165) is 11.3 Å². The predicted octanol–water partition coefficient (Wildman–Crippen LogP) is 1.86. The number of hydrazone groups is 1. The van der Waals surface area contributed by atoms with Gasteiger partial charge >= 0.3 is 0 Å². The van der Waals surface area contributed by atoms with E-state index in [-0.39, 0.29) is 24.4 Å². The van der Waals surface area contributed by atoms with Crippen molar-refractivity contribution in [2.75, 3.05) is 18.6 Å². The summed E-state index contributed by atoms with van der Waals surface area (Å²) in [5.41, 5.74) is 2.43. The molecule has 3 rings (SSSR count). The highest BCUT2D eigenvalue weighted by Gasteiger charge is 2.32. The largest absolute Gasteiger partial charge is 0.358 e. The van der Waals surface area contributed by atoms with Gasteiger partial charge in [0, 0.05) is 13.5 Å². The molecule has 25 heavy (non-hydrogen) atoms. The predicted molar refractivity (Wildman–Crippen MR) is 97.2 cm³/mol. The number of anilines is 1. The molecule has 0 saturated carbocycles. The van der Waals surface area contributed by atoms with Crippen LogP contribution in [0.25, 0.3) is 0 Å². The molecule has 0 spiro atoms. The Morgan fingerprint density at radius 1 is 1.08 bits per heavy atom. The first-order chi connectivity index (χ1) is 12.2. The highest BCUT2D eigenvalue weighted by atomic mass is 16.2. The Labute approximate surface area is 146 Å². The summed E-state index contributed by atoms with van der Waals surface area (Å²) in [6.45, 7) is -0.0598. The molecule has 0 saturated heterocycles. The fourth-order valence-electron chi connectivity index (χ4n) is 2.75. The van der Waals surface area contributed by atoms with Gasteiger partial charge in [-0.25, -0.2) is 0 Å². The third kappa shape index (κ3) is 3.85. The lowest BCUT2D eigenvalue weighted by atomic mass is 10.0. The van der Waals surface area contributed by atoms with Crippen LogP contribution in [0.1, 0.15) is 18.0 Å². The second kappa shape index (κ2) is 7.61. The minimum Gasteiger partial charge on any atom is -0.358 e. The van der Waals surface area contributed by atoms with Crippen molar-refractivity contribution in [2.45, 2.75) is 12.5 Å². The highest BCUT2D eigenvalue weighted by molar-refractivity contribution is 6.40. The van der Waals surface area contributed by atoms with Crippen molar-refractivity contribution in [3.8, 4) is 0 Å². The number of hydrogen-bond donors (Lipinski definition) is 2. The van der Waals surface area contributed by atoms with Crippen molar-refractivity contribution >= 4 is 23.2 Å². The van der Waals surface area contributed by atoms with Gasteiger partial charge in [-0.05, 0) is 17.7 Å². The van der Waals surface area contributed by atoms with Crippen LogP contribution in [0.3, 0.4) is 0 Å². The summed E-state index contributed by atoms with van der Waals surface area (Å²) in [5, 5.41) is 11.5. The van der Waals surface area contributed by atoms with E-state index in [1.54, 1.807) is 0 Å². The third-order valence-electron chi connectivity index (χ3n) is 4.07. The molecule has 1 aliphatic heterocycles. The van der Waals surface area contributed by atoms with E-state index in [2.05, 4.69) is 15.7 Å². The summed E-state index contributed by atoms with van der Waals surface area (Å²) in [6, 6.07) is 19.7. The number of likely N-dealkylation sites (N-methyl/N-ethyl adjacent to an activating group) is 1. The second-order valence-corrected chi connectivity index (χ2v) is 5.71. The normalized spacial score (nSPS) is 16.3. The van der Waals surface area contributed by atoms with Crippen LogP contribution in [0, 0.1) is 0 Å². The number of para-hydroxylation sites is 1. The standard InChI is InChI=1S/C19H20N4O2/c1-20-18(24)13-21-19(25)16-12-17(14-8-4-2-5-9-14)23(22-16)15-10-6-3-7-11-15/h2-11,17H,12-13H2,1H3,(H,20,24)(H,21,25)/t17-/m1/s1. The summed E-state index contributed by atoms with van der Waals surface area (Å²) < 4.78 is 0. The van der Waals surface area contributed by atoms with E-state index in [1.165, 1.54) is 7.05 Å². The Hall–Kier alpha value is -3.15. The Balaban J connectivity index is 1.84. The van der Waals surface area contributed by atoms with E-state index in [1.807, 2.05) is 65.7 Å². The van der Waals surface area contributed by atoms with Crippen LogP contribution < -0.4 is 15.6 Å². The molecule has 1 heterocycles. The van der Waals surface area contributed by atoms with Gasteiger partial charge in [0.1, 0.15) is 5.71 Å². The molecule has 0 fully saturated rings. The zero-order valence-corrected chi connectivity index (χ0v) is 14.0. The van der Waals surface area contributed by atoms with Crippen LogP contribution in [-0.2, 0) is 9.59 Å². The summed E-state index contributed by atoms with van der Waals surface area (Å²) in [5.74, 6) is -0.561. The van der Waals surface area contributed by atoms with Crippen molar-refractivity contribution < 1.29 is 9.59 Å². The summed E-state index contributed by atoms with van der Waals surface area (Å²) in [7, 11) is 1.53. The molecule has 0 aliphatic carbocycles. The average Bonchev–Trinajstić information content (AvgIpc) is 3.12. The van der Waals surface area contributed by atoms with Gasteiger partial charge in [-0.15, -0.1) is 0 Å². The maximum atomic E-state index is 12.4. The smallest absolute Gasteiger partial charge is 0.268 e. The first kappa shape index (κ1) is 16.7. The first-order valence-electron chi connectivity index (χ1n) is 8.14. The number of carbonyl (C=O) groups is 2. The zero-order valence-electron chi connectivity index (χ0n) is 14.0. The molecule has 2 aromatic rings. The average molecular weight is 336 g/mol. The molecule has 6 nitrogen and oxygen atoms in total.